The Morgan fingerprint density at radius 2 is 1.88 bits per heavy atom. The van der Waals surface area contributed by atoms with E-state index in [0.717, 1.165) is 33.1 Å². The van der Waals surface area contributed by atoms with Crippen molar-refractivity contribution in [1.29, 1.82) is 0 Å². The second-order valence-electron chi connectivity index (χ2n) is 5.72. The molecule has 0 radical (unpaired) electrons. The number of aromatic nitrogens is 1. The highest BCUT2D eigenvalue weighted by Gasteiger charge is 2.16. The van der Waals surface area contributed by atoms with Crippen LogP contribution in [0.4, 0.5) is 0 Å². The summed E-state index contributed by atoms with van der Waals surface area (Å²) in [5.74, 6) is 0.884. The highest BCUT2D eigenvalue weighted by Crippen LogP contribution is 2.38. The molecule has 0 amide bonds. The molecule has 1 heterocycles. The zero-order valence-electron chi connectivity index (χ0n) is 14.3. The average Bonchev–Trinajstić information content (AvgIpc) is 2.98. The SMILES string of the molecule is CCOc1ccc(C)cc1-c1nc(-c2ccccc2CN)sc1C. The largest absolute Gasteiger partial charge is 0.493 e. The first-order valence-electron chi connectivity index (χ1n) is 8.13. The van der Waals surface area contributed by atoms with E-state index in [1.54, 1.807) is 11.3 Å². The van der Waals surface area contributed by atoms with Crippen molar-refractivity contribution in [2.45, 2.75) is 27.3 Å². The van der Waals surface area contributed by atoms with Gasteiger partial charge in [-0.3, -0.25) is 0 Å². The smallest absolute Gasteiger partial charge is 0.128 e. The second kappa shape index (κ2) is 7.16. The number of rotatable bonds is 5. The highest BCUT2D eigenvalue weighted by molar-refractivity contribution is 7.15. The summed E-state index contributed by atoms with van der Waals surface area (Å²) in [4.78, 5) is 6.11. The second-order valence-corrected chi connectivity index (χ2v) is 6.92. The summed E-state index contributed by atoms with van der Waals surface area (Å²) in [6.07, 6.45) is 0. The van der Waals surface area contributed by atoms with Crippen LogP contribution in [0.1, 0.15) is 22.9 Å². The minimum Gasteiger partial charge on any atom is -0.493 e. The molecule has 0 fully saturated rings. The fraction of sp³-hybridized carbons (Fsp3) is 0.250. The lowest BCUT2D eigenvalue weighted by atomic mass is 10.1. The van der Waals surface area contributed by atoms with E-state index in [1.165, 1.54) is 10.4 Å². The van der Waals surface area contributed by atoms with Gasteiger partial charge in [0.1, 0.15) is 10.8 Å². The molecule has 0 atom stereocenters. The Kier molecular flexibility index (Phi) is 4.97. The predicted octanol–water partition coefficient (Wildman–Crippen LogP) is 4.95. The van der Waals surface area contributed by atoms with E-state index in [9.17, 15) is 0 Å². The zero-order valence-corrected chi connectivity index (χ0v) is 15.1. The molecule has 0 saturated carbocycles. The Hall–Kier alpha value is -2.17. The molecule has 2 N–H and O–H groups in total. The first-order chi connectivity index (χ1) is 11.6. The van der Waals surface area contributed by atoms with Crippen molar-refractivity contribution in [3.8, 4) is 27.6 Å². The van der Waals surface area contributed by atoms with Crippen LogP contribution < -0.4 is 10.5 Å². The molecule has 0 aliphatic rings. The van der Waals surface area contributed by atoms with Crippen molar-refractivity contribution in [3.63, 3.8) is 0 Å². The number of thiazole rings is 1. The highest BCUT2D eigenvalue weighted by atomic mass is 32.1. The van der Waals surface area contributed by atoms with Crippen molar-refractivity contribution in [1.82, 2.24) is 4.98 Å². The standard InChI is InChI=1S/C20H22N2OS/c1-4-23-18-10-9-13(2)11-17(18)19-14(3)24-20(22-19)16-8-6-5-7-15(16)12-21/h5-11H,4,12,21H2,1-3H3. The Bertz CT molecular complexity index is 855. The molecule has 3 aromatic rings. The van der Waals surface area contributed by atoms with E-state index in [1.807, 2.05) is 25.1 Å². The lowest BCUT2D eigenvalue weighted by molar-refractivity contribution is 0.341. The molecule has 3 rings (SSSR count). The Balaban J connectivity index is 2.12. The number of aryl methyl sites for hydroxylation is 2. The molecular formula is C20H22N2OS. The van der Waals surface area contributed by atoms with Crippen LogP contribution in [0.25, 0.3) is 21.8 Å². The number of hydrogen-bond donors (Lipinski definition) is 1. The summed E-state index contributed by atoms with van der Waals surface area (Å²) in [5.41, 5.74) is 11.4. The van der Waals surface area contributed by atoms with Crippen LogP contribution in [0.3, 0.4) is 0 Å². The lowest BCUT2D eigenvalue weighted by Gasteiger charge is -2.10. The molecule has 0 unspecified atom stereocenters. The molecule has 0 aliphatic heterocycles. The summed E-state index contributed by atoms with van der Waals surface area (Å²) in [6, 6.07) is 14.4. The maximum atomic E-state index is 5.88. The van der Waals surface area contributed by atoms with Gasteiger partial charge in [0, 0.05) is 22.5 Å². The lowest BCUT2D eigenvalue weighted by Crippen LogP contribution is -1.98. The first kappa shape index (κ1) is 16.7. The molecule has 0 saturated heterocycles. The number of nitrogens with zero attached hydrogens (tertiary/aromatic N) is 1. The van der Waals surface area contributed by atoms with Gasteiger partial charge >= 0.3 is 0 Å². The summed E-state index contributed by atoms with van der Waals surface area (Å²) in [6.45, 7) is 7.35. The van der Waals surface area contributed by atoms with E-state index in [0.29, 0.717) is 13.2 Å². The zero-order chi connectivity index (χ0) is 17.1. The van der Waals surface area contributed by atoms with Gasteiger partial charge in [-0.25, -0.2) is 4.98 Å². The van der Waals surface area contributed by atoms with Gasteiger partial charge in [0.15, 0.2) is 0 Å². The maximum Gasteiger partial charge on any atom is 0.128 e. The van der Waals surface area contributed by atoms with Crippen LogP contribution in [-0.4, -0.2) is 11.6 Å². The van der Waals surface area contributed by atoms with Gasteiger partial charge in [0.2, 0.25) is 0 Å². The van der Waals surface area contributed by atoms with E-state index in [4.69, 9.17) is 15.5 Å². The Labute approximate surface area is 147 Å². The van der Waals surface area contributed by atoms with Crippen LogP contribution >= 0.6 is 11.3 Å². The van der Waals surface area contributed by atoms with Gasteiger partial charge in [-0.1, -0.05) is 35.9 Å². The monoisotopic (exact) mass is 338 g/mol. The summed E-state index contributed by atoms with van der Waals surface area (Å²) >= 11 is 1.70. The minimum atomic E-state index is 0.513. The summed E-state index contributed by atoms with van der Waals surface area (Å²) in [7, 11) is 0. The normalized spacial score (nSPS) is 10.8. The van der Waals surface area contributed by atoms with Crippen molar-refractivity contribution in [3.05, 3.63) is 58.5 Å². The number of ether oxygens (including phenoxy) is 1. The van der Waals surface area contributed by atoms with Crippen molar-refractivity contribution >= 4 is 11.3 Å². The molecular weight excluding hydrogens is 316 g/mol. The number of hydrogen-bond acceptors (Lipinski definition) is 4. The van der Waals surface area contributed by atoms with Crippen molar-refractivity contribution in [2.75, 3.05) is 6.61 Å². The van der Waals surface area contributed by atoms with Crippen LogP contribution in [0.2, 0.25) is 0 Å². The Morgan fingerprint density at radius 1 is 1.08 bits per heavy atom. The third kappa shape index (κ3) is 3.21. The minimum absolute atomic E-state index is 0.513. The quantitative estimate of drug-likeness (QED) is 0.716. The van der Waals surface area contributed by atoms with E-state index in [-0.39, 0.29) is 0 Å². The molecule has 0 bridgehead atoms. The summed E-state index contributed by atoms with van der Waals surface area (Å²) < 4.78 is 5.81. The average molecular weight is 338 g/mol. The molecule has 0 spiro atoms. The fourth-order valence-corrected chi connectivity index (χ4v) is 3.77. The Morgan fingerprint density at radius 3 is 2.62 bits per heavy atom. The molecule has 3 nitrogen and oxygen atoms in total. The predicted molar refractivity (Wildman–Crippen MR) is 102 cm³/mol. The third-order valence-electron chi connectivity index (χ3n) is 3.95. The van der Waals surface area contributed by atoms with E-state index < -0.39 is 0 Å². The molecule has 4 heteroatoms. The fourth-order valence-electron chi connectivity index (χ4n) is 2.78. The van der Waals surface area contributed by atoms with Gasteiger partial charge < -0.3 is 10.5 Å². The van der Waals surface area contributed by atoms with Gasteiger partial charge in [-0.15, -0.1) is 11.3 Å². The van der Waals surface area contributed by atoms with E-state index in [2.05, 4.69) is 38.1 Å². The molecule has 24 heavy (non-hydrogen) atoms. The van der Waals surface area contributed by atoms with Crippen molar-refractivity contribution < 1.29 is 4.74 Å². The topological polar surface area (TPSA) is 48.1 Å². The van der Waals surface area contributed by atoms with E-state index >= 15 is 0 Å². The van der Waals surface area contributed by atoms with Crippen LogP contribution in [0, 0.1) is 13.8 Å². The molecule has 124 valence electrons. The molecule has 1 aromatic heterocycles. The van der Waals surface area contributed by atoms with Gasteiger partial charge in [0.25, 0.3) is 0 Å². The maximum absolute atomic E-state index is 5.88. The number of nitrogens with two attached hydrogens (primary N) is 1. The molecule has 0 aliphatic carbocycles. The third-order valence-corrected chi connectivity index (χ3v) is 4.96. The van der Waals surface area contributed by atoms with Crippen LogP contribution in [0.15, 0.2) is 42.5 Å². The summed E-state index contributed by atoms with van der Waals surface area (Å²) in [5, 5.41) is 1.01. The number of benzene rings is 2. The first-order valence-corrected chi connectivity index (χ1v) is 8.95. The van der Waals surface area contributed by atoms with Gasteiger partial charge in [0.05, 0.1) is 12.3 Å². The van der Waals surface area contributed by atoms with Crippen LogP contribution in [-0.2, 0) is 6.54 Å². The van der Waals surface area contributed by atoms with Gasteiger partial charge in [-0.2, -0.15) is 0 Å². The van der Waals surface area contributed by atoms with Crippen molar-refractivity contribution in [2.24, 2.45) is 5.73 Å². The van der Waals surface area contributed by atoms with Crippen LogP contribution in [0.5, 0.6) is 5.75 Å². The molecule has 2 aromatic carbocycles. The van der Waals surface area contributed by atoms with Gasteiger partial charge in [-0.05, 0) is 38.5 Å².